The Morgan fingerprint density at radius 1 is 1.09 bits per heavy atom. The van der Waals surface area contributed by atoms with Gasteiger partial charge in [-0.3, -0.25) is 0 Å². The van der Waals surface area contributed by atoms with Crippen molar-refractivity contribution in [2.45, 2.75) is 16.7 Å². The number of hydrogen-bond donors (Lipinski definition) is 1. The number of rotatable bonds is 4. The number of nitrogens with zero attached hydrogens (tertiary/aromatic N) is 2. The molecule has 2 aromatic rings. The van der Waals surface area contributed by atoms with Gasteiger partial charge in [0.1, 0.15) is 5.75 Å². The van der Waals surface area contributed by atoms with Gasteiger partial charge in [-0.25, -0.2) is 0 Å². The first-order valence-electron chi connectivity index (χ1n) is 7.57. The molecule has 2 aromatic carbocycles. The Morgan fingerprint density at radius 2 is 1.82 bits per heavy atom. The molecular weight excluding hydrogens is 292 g/mol. The largest absolute Gasteiger partial charge is 0.508 e. The summed E-state index contributed by atoms with van der Waals surface area (Å²) in [5.41, 5.74) is 2.45. The van der Waals surface area contributed by atoms with Crippen molar-refractivity contribution in [3.8, 4) is 5.75 Å². The number of benzene rings is 2. The SMILES string of the molecule is C[C@H](CN(C)C)CN1c2ccccc2Sc2cc(O)ccc21. The minimum absolute atomic E-state index is 0.326. The van der Waals surface area contributed by atoms with E-state index in [1.807, 2.05) is 12.1 Å². The zero-order valence-corrected chi connectivity index (χ0v) is 14.1. The molecule has 116 valence electrons. The summed E-state index contributed by atoms with van der Waals surface area (Å²) >= 11 is 1.73. The highest BCUT2D eigenvalue weighted by molar-refractivity contribution is 7.99. The Balaban J connectivity index is 1.97. The van der Waals surface area contributed by atoms with Crippen molar-refractivity contribution in [3.63, 3.8) is 0 Å². The fourth-order valence-electron chi connectivity index (χ4n) is 3.01. The van der Waals surface area contributed by atoms with E-state index >= 15 is 0 Å². The molecule has 3 rings (SSSR count). The van der Waals surface area contributed by atoms with E-state index in [4.69, 9.17) is 0 Å². The van der Waals surface area contributed by atoms with Crippen LogP contribution in [-0.4, -0.2) is 37.2 Å². The lowest BCUT2D eigenvalue weighted by molar-refractivity contribution is 0.343. The molecule has 0 radical (unpaired) electrons. The molecule has 1 heterocycles. The van der Waals surface area contributed by atoms with E-state index in [9.17, 15) is 5.11 Å². The number of phenolic OH excluding ortho intramolecular Hbond substituents is 1. The fourth-order valence-corrected chi connectivity index (χ4v) is 4.14. The second-order valence-corrected chi connectivity index (χ2v) is 7.28. The maximum absolute atomic E-state index is 9.78. The second-order valence-electron chi connectivity index (χ2n) is 6.20. The molecule has 0 bridgehead atoms. The summed E-state index contributed by atoms with van der Waals surface area (Å²) in [6, 6.07) is 14.2. The van der Waals surface area contributed by atoms with Crippen LogP contribution < -0.4 is 4.90 Å². The van der Waals surface area contributed by atoms with Gasteiger partial charge in [0.15, 0.2) is 0 Å². The molecule has 0 unspecified atom stereocenters. The minimum atomic E-state index is 0.326. The zero-order valence-electron chi connectivity index (χ0n) is 13.3. The van der Waals surface area contributed by atoms with E-state index in [0.29, 0.717) is 11.7 Å². The summed E-state index contributed by atoms with van der Waals surface area (Å²) < 4.78 is 0. The van der Waals surface area contributed by atoms with Crippen LogP contribution in [0.2, 0.25) is 0 Å². The van der Waals surface area contributed by atoms with E-state index in [1.165, 1.54) is 16.3 Å². The lowest BCUT2D eigenvalue weighted by atomic mass is 10.1. The summed E-state index contributed by atoms with van der Waals surface area (Å²) in [6.07, 6.45) is 0. The molecule has 0 fully saturated rings. The van der Waals surface area contributed by atoms with E-state index in [-0.39, 0.29) is 0 Å². The van der Waals surface area contributed by atoms with Crippen molar-refractivity contribution < 1.29 is 5.11 Å². The summed E-state index contributed by atoms with van der Waals surface area (Å²) in [5.74, 6) is 0.875. The van der Waals surface area contributed by atoms with Gasteiger partial charge >= 0.3 is 0 Å². The monoisotopic (exact) mass is 314 g/mol. The first kappa shape index (κ1) is 15.3. The maximum Gasteiger partial charge on any atom is 0.116 e. The highest BCUT2D eigenvalue weighted by Gasteiger charge is 2.24. The Labute approximate surface area is 136 Å². The maximum atomic E-state index is 9.78. The molecule has 1 aliphatic heterocycles. The molecule has 1 atom stereocenters. The Hall–Kier alpha value is -1.65. The van der Waals surface area contributed by atoms with Crippen molar-refractivity contribution in [2.75, 3.05) is 32.1 Å². The van der Waals surface area contributed by atoms with Crippen LogP contribution in [-0.2, 0) is 0 Å². The standard InChI is InChI=1S/C18H22N2OS/c1-13(11-19(2)3)12-20-15-6-4-5-7-17(15)22-18-10-14(21)8-9-16(18)20/h4-10,13,21H,11-12H2,1-3H3/t13-/m1/s1. The number of hydrogen-bond acceptors (Lipinski definition) is 4. The molecule has 4 heteroatoms. The van der Waals surface area contributed by atoms with Gasteiger partial charge in [-0.05, 0) is 50.3 Å². The third kappa shape index (κ3) is 3.08. The molecule has 1 aliphatic rings. The quantitative estimate of drug-likeness (QED) is 0.915. The predicted octanol–water partition coefficient (Wildman–Crippen LogP) is 4.19. The van der Waals surface area contributed by atoms with Gasteiger partial charge in [-0.1, -0.05) is 30.8 Å². The van der Waals surface area contributed by atoms with Gasteiger partial charge in [-0.2, -0.15) is 0 Å². The highest BCUT2D eigenvalue weighted by Crippen LogP contribution is 2.49. The van der Waals surface area contributed by atoms with Crippen molar-refractivity contribution in [1.29, 1.82) is 0 Å². The van der Waals surface area contributed by atoms with E-state index in [2.05, 4.69) is 55.1 Å². The number of para-hydroxylation sites is 1. The van der Waals surface area contributed by atoms with E-state index < -0.39 is 0 Å². The van der Waals surface area contributed by atoms with Crippen LogP contribution in [0.3, 0.4) is 0 Å². The van der Waals surface area contributed by atoms with Crippen molar-refractivity contribution >= 4 is 23.1 Å². The first-order chi connectivity index (χ1) is 10.5. The molecular formula is C18H22N2OS. The smallest absolute Gasteiger partial charge is 0.116 e. The molecule has 22 heavy (non-hydrogen) atoms. The fraction of sp³-hybridized carbons (Fsp3) is 0.333. The third-order valence-electron chi connectivity index (χ3n) is 3.78. The average molecular weight is 314 g/mol. The third-order valence-corrected chi connectivity index (χ3v) is 4.89. The molecule has 0 saturated heterocycles. The molecule has 0 spiro atoms. The molecule has 0 amide bonds. The van der Waals surface area contributed by atoms with Crippen LogP contribution in [0, 0.1) is 5.92 Å². The lowest BCUT2D eigenvalue weighted by Gasteiger charge is -2.35. The number of fused-ring (bicyclic) bond motifs is 2. The van der Waals surface area contributed by atoms with Gasteiger partial charge in [-0.15, -0.1) is 0 Å². The molecule has 0 saturated carbocycles. The van der Waals surface area contributed by atoms with Crippen LogP contribution >= 0.6 is 11.8 Å². The average Bonchev–Trinajstić information content (AvgIpc) is 2.45. The zero-order chi connectivity index (χ0) is 15.7. The van der Waals surface area contributed by atoms with Gasteiger partial charge in [0.05, 0.1) is 11.4 Å². The summed E-state index contributed by atoms with van der Waals surface area (Å²) in [4.78, 5) is 6.98. The van der Waals surface area contributed by atoms with E-state index in [1.54, 1.807) is 17.8 Å². The van der Waals surface area contributed by atoms with Crippen LogP contribution in [0.25, 0.3) is 0 Å². The Kier molecular flexibility index (Phi) is 4.32. The van der Waals surface area contributed by atoms with Gasteiger partial charge in [0.2, 0.25) is 0 Å². The first-order valence-corrected chi connectivity index (χ1v) is 8.38. The van der Waals surface area contributed by atoms with Gasteiger partial charge in [0, 0.05) is 22.9 Å². The normalized spacial score (nSPS) is 14.6. The van der Waals surface area contributed by atoms with Gasteiger partial charge < -0.3 is 14.9 Å². The summed E-state index contributed by atoms with van der Waals surface area (Å²) in [7, 11) is 4.23. The lowest BCUT2D eigenvalue weighted by Crippen LogP contribution is -2.31. The van der Waals surface area contributed by atoms with E-state index in [0.717, 1.165) is 18.0 Å². The van der Waals surface area contributed by atoms with Crippen LogP contribution in [0.15, 0.2) is 52.3 Å². The Bertz CT molecular complexity index is 672. The van der Waals surface area contributed by atoms with Gasteiger partial charge in [0.25, 0.3) is 0 Å². The second kappa shape index (κ2) is 6.23. The van der Waals surface area contributed by atoms with Crippen molar-refractivity contribution in [3.05, 3.63) is 42.5 Å². The molecule has 0 aromatic heterocycles. The van der Waals surface area contributed by atoms with Crippen LogP contribution in [0.1, 0.15) is 6.92 Å². The number of phenols is 1. The molecule has 3 nitrogen and oxygen atoms in total. The number of aromatic hydroxyl groups is 1. The molecule has 0 aliphatic carbocycles. The summed E-state index contributed by atoms with van der Waals surface area (Å²) in [5, 5.41) is 9.78. The minimum Gasteiger partial charge on any atom is -0.508 e. The van der Waals surface area contributed by atoms with Crippen molar-refractivity contribution in [1.82, 2.24) is 4.90 Å². The Morgan fingerprint density at radius 3 is 2.59 bits per heavy atom. The highest BCUT2D eigenvalue weighted by atomic mass is 32.2. The van der Waals surface area contributed by atoms with Crippen LogP contribution in [0.5, 0.6) is 5.75 Å². The predicted molar refractivity (Wildman–Crippen MR) is 93.4 cm³/mol. The number of anilines is 2. The van der Waals surface area contributed by atoms with Crippen molar-refractivity contribution in [2.24, 2.45) is 5.92 Å². The van der Waals surface area contributed by atoms with Crippen LogP contribution in [0.4, 0.5) is 11.4 Å². The topological polar surface area (TPSA) is 26.7 Å². The summed E-state index contributed by atoms with van der Waals surface area (Å²) in [6.45, 7) is 4.30. The molecule has 1 N–H and O–H groups in total.